The second-order valence-corrected chi connectivity index (χ2v) is 4.78. The first kappa shape index (κ1) is 11.4. The molecule has 1 aliphatic carbocycles. The topological polar surface area (TPSA) is 42.0 Å². The molecule has 0 radical (unpaired) electrons. The number of rotatable bonds is 5. The molecule has 1 aromatic heterocycles. The van der Waals surface area contributed by atoms with Gasteiger partial charge in [-0.15, -0.1) is 0 Å². The molecule has 3 rings (SSSR count). The van der Waals surface area contributed by atoms with E-state index in [1.807, 2.05) is 30.3 Å². The summed E-state index contributed by atoms with van der Waals surface area (Å²) >= 11 is 0. The number of carbonyl (C=O) groups excluding carboxylic acids is 1. The van der Waals surface area contributed by atoms with Crippen LogP contribution in [0, 0.1) is 0 Å². The second-order valence-electron chi connectivity index (χ2n) is 4.78. The molecule has 0 unspecified atom stereocenters. The number of nitrogens with zero attached hydrogens (tertiary/aromatic N) is 1. The van der Waals surface area contributed by atoms with Gasteiger partial charge >= 0.3 is 0 Å². The Morgan fingerprint density at radius 3 is 3.00 bits per heavy atom. The van der Waals surface area contributed by atoms with Crippen LogP contribution in [0.5, 0.6) is 0 Å². The summed E-state index contributed by atoms with van der Waals surface area (Å²) in [4.78, 5) is 16.5. The fourth-order valence-corrected chi connectivity index (χ4v) is 2.16. The van der Waals surface area contributed by atoms with E-state index in [1.165, 1.54) is 12.8 Å². The zero-order chi connectivity index (χ0) is 12.4. The van der Waals surface area contributed by atoms with Gasteiger partial charge in [0.1, 0.15) is 0 Å². The number of hydrogen-bond donors (Lipinski definition) is 1. The predicted molar refractivity (Wildman–Crippen MR) is 71.7 cm³/mol. The number of carbonyl (C=O) groups is 1. The van der Waals surface area contributed by atoms with E-state index in [-0.39, 0.29) is 5.78 Å². The third-order valence-corrected chi connectivity index (χ3v) is 3.31. The summed E-state index contributed by atoms with van der Waals surface area (Å²) in [5.74, 6) is 0.196. The lowest BCUT2D eigenvalue weighted by atomic mass is 10.0. The van der Waals surface area contributed by atoms with Gasteiger partial charge in [-0.3, -0.25) is 9.78 Å². The molecule has 1 fully saturated rings. The lowest BCUT2D eigenvalue weighted by Gasteiger charge is -2.05. The maximum absolute atomic E-state index is 12.2. The van der Waals surface area contributed by atoms with Crippen LogP contribution in [0.3, 0.4) is 0 Å². The van der Waals surface area contributed by atoms with Gasteiger partial charge < -0.3 is 5.32 Å². The Balaban J connectivity index is 1.77. The quantitative estimate of drug-likeness (QED) is 0.817. The molecule has 3 nitrogen and oxygen atoms in total. The van der Waals surface area contributed by atoms with E-state index in [1.54, 1.807) is 6.20 Å². The normalized spacial score (nSPS) is 14.9. The van der Waals surface area contributed by atoms with E-state index in [4.69, 9.17) is 0 Å². The molecule has 0 bridgehead atoms. The van der Waals surface area contributed by atoms with Crippen LogP contribution in [0.4, 0.5) is 0 Å². The third kappa shape index (κ3) is 2.41. The maximum atomic E-state index is 12.2. The van der Waals surface area contributed by atoms with E-state index < -0.39 is 0 Å². The van der Waals surface area contributed by atoms with Crippen molar-refractivity contribution in [2.75, 3.05) is 6.54 Å². The van der Waals surface area contributed by atoms with Crippen LogP contribution in [0.25, 0.3) is 10.9 Å². The summed E-state index contributed by atoms with van der Waals surface area (Å²) < 4.78 is 0. The van der Waals surface area contributed by atoms with Crippen molar-refractivity contribution in [3.63, 3.8) is 0 Å². The molecule has 0 atom stereocenters. The maximum Gasteiger partial charge on any atom is 0.164 e. The van der Waals surface area contributed by atoms with Gasteiger partial charge in [-0.2, -0.15) is 0 Å². The Labute approximate surface area is 106 Å². The molecule has 1 aromatic carbocycles. The molecule has 3 heteroatoms. The van der Waals surface area contributed by atoms with Gasteiger partial charge in [0, 0.05) is 36.2 Å². The first-order valence-electron chi connectivity index (χ1n) is 6.45. The first-order valence-corrected chi connectivity index (χ1v) is 6.45. The molecular formula is C15H16N2O. The van der Waals surface area contributed by atoms with Crippen molar-refractivity contribution >= 4 is 16.7 Å². The average molecular weight is 240 g/mol. The average Bonchev–Trinajstić information content (AvgIpc) is 3.22. The smallest absolute Gasteiger partial charge is 0.164 e. The molecule has 0 saturated heterocycles. The lowest BCUT2D eigenvalue weighted by Crippen LogP contribution is -2.20. The Morgan fingerprint density at radius 1 is 1.28 bits per heavy atom. The van der Waals surface area contributed by atoms with Crippen LogP contribution < -0.4 is 5.32 Å². The van der Waals surface area contributed by atoms with Crippen LogP contribution in [0.2, 0.25) is 0 Å². The van der Waals surface area contributed by atoms with Crippen molar-refractivity contribution in [1.29, 1.82) is 0 Å². The minimum absolute atomic E-state index is 0.196. The zero-order valence-electron chi connectivity index (χ0n) is 10.2. The molecule has 1 saturated carbocycles. The molecule has 0 spiro atoms. The number of ketones is 1. The highest BCUT2D eigenvalue weighted by atomic mass is 16.1. The van der Waals surface area contributed by atoms with Gasteiger partial charge in [-0.25, -0.2) is 0 Å². The molecule has 1 aliphatic rings. The fraction of sp³-hybridized carbons (Fsp3) is 0.333. The molecule has 2 aromatic rings. The Bertz CT molecular complexity index is 570. The number of fused-ring (bicyclic) bond motifs is 1. The Kier molecular flexibility index (Phi) is 3.07. The van der Waals surface area contributed by atoms with Crippen LogP contribution in [0.1, 0.15) is 29.6 Å². The summed E-state index contributed by atoms with van der Waals surface area (Å²) in [7, 11) is 0. The SMILES string of the molecule is O=C(CCNC1CC1)c1cccc2ncccc12. The third-order valence-electron chi connectivity index (χ3n) is 3.31. The summed E-state index contributed by atoms with van der Waals surface area (Å²) in [6.45, 7) is 0.778. The van der Waals surface area contributed by atoms with E-state index in [0.29, 0.717) is 12.5 Å². The van der Waals surface area contributed by atoms with Crippen LogP contribution in [-0.4, -0.2) is 23.4 Å². The number of aromatic nitrogens is 1. The number of Topliss-reactive ketones (excluding diaryl/α,β-unsaturated/α-hetero) is 1. The summed E-state index contributed by atoms with van der Waals surface area (Å²) in [6, 6.07) is 10.2. The predicted octanol–water partition coefficient (Wildman–Crippen LogP) is 2.56. The Hall–Kier alpha value is -1.74. The largest absolute Gasteiger partial charge is 0.314 e. The molecule has 0 amide bonds. The number of pyridine rings is 1. The van der Waals surface area contributed by atoms with E-state index in [2.05, 4.69) is 10.3 Å². The van der Waals surface area contributed by atoms with Gasteiger partial charge in [-0.05, 0) is 25.0 Å². The van der Waals surface area contributed by atoms with Crippen molar-refractivity contribution < 1.29 is 4.79 Å². The minimum atomic E-state index is 0.196. The van der Waals surface area contributed by atoms with Crippen LogP contribution in [-0.2, 0) is 0 Å². The van der Waals surface area contributed by atoms with Crippen LogP contribution >= 0.6 is 0 Å². The molecule has 1 heterocycles. The molecule has 18 heavy (non-hydrogen) atoms. The highest BCUT2D eigenvalue weighted by molar-refractivity contribution is 6.07. The number of nitrogens with one attached hydrogen (secondary N) is 1. The molecule has 0 aliphatic heterocycles. The van der Waals surface area contributed by atoms with E-state index in [0.717, 1.165) is 23.0 Å². The lowest BCUT2D eigenvalue weighted by molar-refractivity contribution is 0.0984. The van der Waals surface area contributed by atoms with Crippen molar-refractivity contribution in [3.8, 4) is 0 Å². The van der Waals surface area contributed by atoms with E-state index in [9.17, 15) is 4.79 Å². The van der Waals surface area contributed by atoms with E-state index >= 15 is 0 Å². The van der Waals surface area contributed by atoms with Gasteiger partial charge in [0.25, 0.3) is 0 Å². The van der Waals surface area contributed by atoms with Crippen molar-refractivity contribution in [2.24, 2.45) is 0 Å². The first-order chi connectivity index (χ1) is 8.84. The van der Waals surface area contributed by atoms with Gasteiger partial charge in [0.2, 0.25) is 0 Å². The second kappa shape index (κ2) is 4.86. The van der Waals surface area contributed by atoms with Crippen molar-refractivity contribution in [1.82, 2.24) is 10.3 Å². The van der Waals surface area contributed by atoms with Gasteiger partial charge in [0.05, 0.1) is 5.52 Å². The van der Waals surface area contributed by atoms with Crippen LogP contribution in [0.15, 0.2) is 36.5 Å². The highest BCUT2D eigenvalue weighted by Gasteiger charge is 2.20. The summed E-state index contributed by atoms with van der Waals surface area (Å²) in [5.41, 5.74) is 1.68. The monoisotopic (exact) mass is 240 g/mol. The van der Waals surface area contributed by atoms with Gasteiger partial charge in [0.15, 0.2) is 5.78 Å². The number of hydrogen-bond acceptors (Lipinski definition) is 3. The molecule has 1 N–H and O–H groups in total. The van der Waals surface area contributed by atoms with Crippen molar-refractivity contribution in [2.45, 2.75) is 25.3 Å². The Morgan fingerprint density at radius 2 is 2.17 bits per heavy atom. The molecule has 92 valence electrons. The number of benzene rings is 1. The minimum Gasteiger partial charge on any atom is -0.314 e. The fourth-order valence-electron chi connectivity index (χ4n) is 2.16. The highest BCUT2D eigenvalue weighted by Crippen LogP contribution is 2.20. The summed E-state index contributed by atoms with van der Waals surface area (Å²) in [5, 5.41) is 4.32. The zero-order valence-corrected chi connectivity index (χ0v) is 10.2. The van der Waals surface area contributed by atoms with Gasteiger partial charge in [-0.1, -0.05) is 18.2 Å². The molecular weight excluding hydrogens is 224 g/mol. The van der Waals surface area contributed by atoms with Crippen molar-refractivity contribution in [3.05, 3.63) is 42.1 Å². The standard InChI is InChI=1S/C15H16N2O/c18-15(8-10-16-11-6-7-11)13-3-1-5-14-12(13)4-2-9-17-14/h1-5,9,11,16H,6-8,10H2. The summed E-state index contributed by atoms with van der Waals surface area (Å²) in [6.07, 6.45) is 4.83.